The Labute approximate surface area is 149 Å². The second-order valence-corrected chi connectivity index (χ2v) is 8.14. The summed E-state index contributed by atoms with van der Waals surface area (Å²) in [5, 5.41) is 3.85. The third-order valence-electron chi connectivity index (χ3n) is 6.32. The van der Waals surface area contributed by atoms with E-state index in [2.05, 4.69) is 60.0 Å². The minimum atomic E-state index is 0.135. The molecule has 1 N–H and O–H groups in total. The van der Waals surface area contributed by atoms with E-state index in [9.17, 15) is 0 Å². The van der Waals surface area contributed by atoms with Crippen LogP contribution in [0.5, 0.6) is 0 Å². The van der Waals surface area contributed by atoms with E-state index in [1.807, 2.05) is 0 Å². The Balaban J connectivity index is 1.17. The molecule has 5 rings (SSSR count). The van der Waals surface area contributed by atoms with Crippen molar-refractivity contribution < 1.29 is 4.74 Å². The van der Waals surface area contributed by atoms with Gasteiger partial charge in [0.15, 0.2) is 5.90 Å². The van der Waals surface area contributed by atoms with Gasteiger partial charge in [-0.25, -0.2) is 4.99 Å². The third kappa shape index (κ3) is 3.06. The fourth-order valence-corrected chi connectivity index (χ4v) is 4.49. The van der Waals surface area contributed by atoms with Crippen LogP contribution < -0.4 is 5.32 Å². The van der Waals surface area contributed by atoms with Crippen molar-refractivity contribution in [2.75, 3.05) is 6.54 Å². The first-order valence-corrected chi connectivity index (χ1v) is 9.68. The molecule has 25 heavy (non-hydrogen) atoms. The minimum Gasteiger partial charge on any atom is -0.471 e. The summed E-state index contributed by atoms with van der Waals surface area (Å²) < 4.78 is 6.09. The van der Waals surface area contributed by atoms with Crippen molar-refractivity contribution in [2.45, 2.75) is 56.2 Å². The number of benzene rings is 1. The van der Waals surface area contributed by atoms with Gasteiger partial charge in [0.25, 0.3) is 0 Å². The van der Waals surface area contributed by atoms with Crippen LogP contribution in [0.2, 0.25) is 0 Å². The van der Waals surface area contributed by atoms with Gasteiger partial charge in [-0.2, -0.15) is 0 Å². The predicted octanol–water partition coefficient (Wildman–Crippen LogP) is 3.98. The van der Waals surface area contributed by atoms with Crippen LogP contribution in [0.3, 0.4) is 0 Å². The molecule has 3 aliphatic carbocycles. The van der Waals surface area contributed by atoms with Crippen LogP contribution in [0.1, 0.15) is 43.6 Å². The summed E-state index contributed by atoms with van der Waals surface area (Å²) >= 11 is 0. The molecule has 1 aliphatic heterocycles. The molecule has 1 aromatic rings. The van der Waals surface area contributed by atoms with Crippen molar-refractivity contribution in [1.29, 1.82) is 0 Å². The second kappa shape index (κ2) is 6.14. The molecule has 0 saturated heterocycles. The number of nitrogens with one attached hydrogen (secondary N) is 1. The first kappa shape index (κ1) is 15.4. The van der Waals surface area contributed by atoms with Crippen molar-refractivity contribution in [3.8, 4) is 0 Å². The highest BCUT2D eigenvalue weighted by molar-refractivity contribution is 5.79. The first-order valence-electron chi connectivity index (χ1n) is 9.68. The molecule has 2 saturated carbocycles. The van der Waals surface area contributed by atoms with Gasteiger partial charge in [0, 0.05) is 24.9 Å². The average Bonchev–Trinajstić information content (AvgIpc) is 3.28. The number of ether oxygens (including phenoxy) is 1. The lowest BCUT2D eigenvalue weighted by Gasteiger charge is -2.42. The summed E-state index contributed by atoms with van der Waals surface area (Å²) in [6.45, 7) is 1.10. The first-order chi connectivity index (χ1) is 12.3. The largest absolute Gasteiger partial charge is 0.471 e. The number of fused-ring (bicyclic) bond motifs is 1. The quantitative estimate of drug-likeness (QED) is 0.853. The molecule has 0 amide bonds. The minimum absolute atomic E-state index is 0.135. The van der Waals surface area contributed by atoms with Gasteiger partial charge in [-0.1, -0.05) is 55.0 Å². The van der Waals surface area contributed by atoms with Crippen LogP contribution in [0.15, 0.2) is 59.6 Å². The van der Waals surface area contributed by atoms with Crippen LogP contribution >= 0.6 is 0 Å². The fraction of sp³-hybridized carbons (Fsp3) is 0.500. The maximum absolute atomic E-state index is 6.09. The topological polar surface area (TPSA) is 33.6 Å². The van der Waals surface area contributed by atoms with Crippen molar-refractivity contribution in [3.63, 3.8) is 0 Å². The molecule has 3 heteroatoms. The molecular formula is C22H26N2O. The van der Waals surface area contributed by atoms with Crippen molar-refractivity contribution in [1.82, 2.24) is 5.32 Å². The van der Waals surface area contributed by atoms with E-state index in [1.165, 1.54) is 31.2 Å². The highest BCUT2D eigenvalue weighted by Crippen LogP contribution is 2.47. The molecule has 0 aromatic heterocycles. The van der Waals surface area contributed by atoms with Gasteiger partial charge >= 0.3 is 0 Å². The molecule has 4 aliphatic rings. The van der Waals surface area contributed by atoms with Crippen LogP contribution in [0.4, 0.5) is 0 Å². The van der Waals surface area contributed by atoms with Crippen molar-refractivity contribution in [3.05, 3.63) is 60.2 Å². The lowest BCUT2D eigenvalue weighted by molar-refractivity contribution is 0.125. The lowest BCUT2D eigenvalue weighted by atomic mass is 9.66. The fourth-order valence-electron chi connectivity index (χ4n) is 4.49. The standard InChI is InChI=1S/C22H26N2O/c1-2-7-16(8-3-1)17-13-19(17)23-15-22(11-6-12-22)14-21-24-18-9-4-5-10-20(18)25-21/h1-5,7-10,17-20,23H,6,11-15H2. The lowest BCUT2D eigenvalue weighted by Crippen LogP contribution is -2.42. The van der Waals surface area contributed by atoms with Gasteiger partial charge < -0.3 is 10.1 Å². The van der Waals surface area contributed by atoms with E-state index in [1.54, 1.807) is 0 Å². The van der Waals surface area contributed by atoms with Crippen LogP contribution in [0.25, 0.3) is 0 Å². The summed E-state index contributed by atoms with van der Waals surface area (Å²) in [7, 11) is 0. The summed E-state index contributed by atoms with van der Waals surface area (Å²) in [6, 6.07) is 11.8. The summed E-state index contributed by atoms with van der Waals surface area (Å²) in [5.41, 5.74) is 1.85. The third-order valence-corrected chi connectivity index (χ3v) is 6.32. The van der Waals surface area contributed by atoms with Gasteiger partial charge in [-0.15, -0.1) is 0 Å². The number of hydrogen-bond donors (Lipinski definition) is 1. The Morgan fingerprint density at radius 3 is 2.72 bits per heavy atom. The Kier molecular flexibility index (Phi) is 3.78. The second-order valence-electron chi connectivity index (χ2n) is 8.14. The van der Waals surface area contributed by atoms with Gasteiger partial charge in [-0.3, -0.25) is 0 Å². The van der Waals surface area contributed by atoms with Crippen molar-refractivity contribution in [2.24, 2.45) is 10.4 Å². The van der Waals surface area contributed by atoms with Crippen LogP contribution in [-0.4, -0.2) is 30.6 Å². The van der Waals surface area contributed by atoms with E-state index >= 15 is 0 Å². The monoisotopic (exact) mass is 334 g/mol. The van der Waals surface area contributed by atoms with E-state index in [-0.39, 0.29) is 12.1 Å². The van der Waals surface area contributed by atoms with Crippen LogP contribution in [-0.2, 0) is 4.74 Å². The molecule has 1 aromatic carbocycles. The Morgan fingerprint density at radius 2 is 1.96 bits per heavy atom. The highest BCUT2D eigenvalue weighted by Gasteiger charge is 2.44. The number of allylic oxidation sites excluding steroid dienone is 2. The molecule has 2 fully saturated rings. The number of rotatable bonds is 6. The van der Waals surface area contributed by atoms with Crippen molar-refractivity contribution >= 4 is 5.90 Å². The molecule has 4 atom stereocenters. The Bertz CT molecular complexity index is 717. The molecule has 0 bridgehead atoms. The molecule has 130 valence electrons. The SMILES string of the molecule is C1=CC2N=C(CC3(CNC4CC4c4ccccc4)CCC3)OC2C=C1. The van der Waals surface area contributed by atoms with E-state index < -0.39 is 0 Å². The zero-order chi connectivity index (χ0) is 16.7. The van der Waals surface area contributed by atoms with E-state index in [0.29, 0.717) is 17.4 Å². The van der Waals surface area contributed by atoms with Gasteiger partial charge in [-0.05, 0) is 36.3 Å². The van der Waals surface area contributed by atoms with E-state index in [0.717, 1.165) is 18.9 Å². The van der Waals surface area contributed by atoms with E-state index in [4.69, 9.17) is 9.73 Å². The predicted molar refractivity (Wildman–Crippen MR) is 101 cm³/mol. The molecule has 1 heterocycles. The number of hydrogen-bond acceptors (Lipinski definition) is 3. The van der Waals surface area contributed by atoms with Gasteiger partial charge in [0.2, 0.25) is 0 Å². The number of nitrogens with zero attached hydrogens (tertiary/aromatic N) is 1. The molecule has 4 unspecified atom stereocenters. The van der Waals surface area contributed by atoms with Gasteiger partial charge in [0.05, 0.1) is 0 Å². The van der Waals surface area contributed by atoms with Crippen LogP contribution in [0, 0.1) is 5.41 Å². The molecular weight excluding hydrogens is 308 g/mol. The summed E-state index contributed by atoms with van der Waals surface area (Å²) in [6.07, 6.45) is 14.8. The smallest absolute Gasteiger partial charge is 0.185 e. The average molecular weight is 334 g/mol. The molecule has 0 spiro atoms. The summed E-state index contributed by atoms with van der Waals surface area (Å²) in [5.74, 6) is 1.68. The Morgan fingerprint density at radius 1 is 1.12 bits per heavy atom. The molecule has 0 radical (unpaired) electrons. The highest BCUT2D eigenvalue weighted by atomic mass is 16.5. The van der Waals surface area contributed by atoms with Gasteiger partial charge in [0.1, 0.15) is 12.1 Å². The maximum Gasteiger partial charge on any atom is 0.185 e. The maximum atomic E-state index is 6.09. The Hall–Kier alpha value is -1.87. The number of aliphatic imine (C=N–C) groups is 1. The normalized spacial score (nSPS) is 34.0. The zero-order valence-corrected chi connectivity index (χ0v) is 14.6. The summed E-state index contributed by atoms with van der Waals surface area (Å²) in [4.78, 5) is 4.81. The molecule has 3 nitrogen and oxygen atoms in total. The zero-order valence-electron chi connectivity index (χ0n) is 14.6.